The van der Waals surface area contributed by atoms with Gasteiger partial charge in [-0.15, -0.1) is 0 Å². The van der Waals surface area contributed by atoms with Gasteiger partial charge in [-0.25, -0.2) is 9.97 Å². The number of H-pyrrole nitrogens is 2. The van der Waals surface area contributed by atoms with Crippen LogP contribution in [0.5, 0.6) is 0 Å². The van der Waals surface area contributed by atoms with Gasteiger partial charge in [-0.2, -0.15) is 0 Å². The van der Waals surface area contributed by atoms with Crippen LogP contribution in [0.2, 0.25) is 0 Å². The molecule has 2 N–H and O–H groups in total. The largest absolute Gasteiger partial charge is 0.339 e. The fraction of sp³-hybridized carbons (Fsp3) is 0.200. The van der Waals surface area contributed by atoms with Crippen molar-refractivity contribution in [2.24, 2.45) is 0 Å². The van der Waals surface area contributed by atoms with Crippen molar-refractivity contribution in [3.63, 3.8) is 0 Å². The average Bonchev–Trinajstić information content (AvgIpc) is 3.11. The normalized spacial score (nSPS) is 11.2. The number of nitrogens with one attached hydrogen (secondary N) is 2. The molecule has 0 spiro atoms. The van der Waals surface area contributed by atoms with Gasteiger partial charge >= 0.3 is 0 Å². The maximum atomic E-state index is 12.6. The number of nitrogens with zero attached hydrogens (tertiary/aromatic N) is 3. The van der Waals surface area contributed by atoms with E-state index in [2.05, 4.69) is 19.9 Å². The molecule has 2 aromatic carbocycles. The van der Waals surface area contributed by atoms with E-state index in [0.717, 1.165) is 0 Å². The van der Waals surface area contributed by atoms with Gasteiger partial charge in [0.25, 0.3) is 11.5 Å². The van der Waals surface area contributed by atoms with E-state index in [1.165, 1.54) is 0 Å². The third-order valence-corrected chi connectivity index (χ3v) is 4.60. The van der Waals surface area contributed by atoms with E-state index in [0.29, 0.717) is 46.5 Å². The van der Waals surface area contributed by atoms with Crippen molar-refractivity contribution < 1.29 is 4.79 Å². The van der Waals surface area contributed by atoms with Gasteiger partial charge in [0.2, 0.25) is 0 Å². The molecule has 4 aromatic rings. The second-order valence-electron chi connectivity index (χ2n) is 6.23. The van der Waals surface area contributed by atoms with E-state index in [1.54, 1.807) is 29.2 Å². The van der Waals surface area contributed by atoms with Crippen LogP contribution < -0.4 is 5.56 Å². The summed E-state index contributed by atoms with van der Waals surface area (Å²) >= 11 is 0. The first-order valence-corrected chi connectivity index (χ1v) is 8.89. The Kier molecular flexibility index (Phi) is 4.19. The molecule has 0 aliphatic rings. The van der Waals surface area contributed by atoms with Crippen LogP contribution in [0, 0.1) is 0 Å². The summed E-state index contributed by atoms with van der Waals surface area (Å²) in [6.45, 7) is 5.20. The highest BCUT2D eigenvalue weighted by Gasteiger charge is 2.16. The zero-order valence-electron chi connectivity index (χ0n) is 15.1. The maximum absolute atomic E-state index is 12.6. The molecular formula is C20H19N5O2. The molecule has 0 unspecified atom stereocenters. The second-order valence-corrected chi connectivity index (χ2v) is 6.23. The maximum Gasteiger partial charge on any atom is 0.278 e. The van der Waals surface area contributed by atoms with Gasteiger partial charge in [-0.05, 0) is 44.2 Å². The van der Waals surface area contributed by atoms with Crippen molar-refractivity contribution in [1.82, 2.24) is 24.8 Å². The highest BCUT2D eigenvalue weighted by atomic mass is 16.2. The Balaban J connectivity index is 1.79. The number of rotatable bonds is 4. The third kappa shape index (κ3) is 2.97. The number of carbonyl (C=O) groups excluding carboxylic acids is 1. The summed E-state index contributed by atoms with van der Waals surface area (Å²) in [5.41, 5.74) is 3.22. The Morgan fingerprint density at radius 1 is 0.963 bits per heavy atom. The van der Waals surface area contributed by atoms with Gasteiger partial charge in [-0.1, -0.05) is 12.1 Å². The predicted octanol–water partition coefficient (Wildman–Crippen LogP) is 2.95. The molecular weight excluding hydrogens is 342 g/mol. The van der Waals surface area contributed by atoms with Crippen molar-refractivity contribution >= 4 is 28.0 Å². The number of imidazole rings is 1. The molecule has 0 atom stereocenters. The molecule has 0 saturated heterocycles. The van der Waals surface area contributed by atoms with Crippen molar-refractivity contribution in [3.05, 3.63) is 58.4 Å². The van der Waals surface area contributed by atoms with Crippen LogP contribution in [0.4, 0.5) is 0 Å². The fourth-order valence-corrected chi connectivity index (χ4v) is 3.14. The highest BCUT2D eigenvalue weighted by molar-refractivity contribution is 5.97. The lowest BCUT2D eigenvalue weighted by Gasteiger charge is -2.18. The SMILES string of the molecule is CCN(CC)C(=O)c1ccc2nc(-c3nc4ccccc4[nH]c3=O)[nH]c2c1. The highest BCUT2D eigenvalue weighted by Crippen LogP contribution is 2.20. The lowest BCUT2D eigenvalue weighted by atomic mass is 10.1. The minimum atomic E-state index is -0.313. The fourth-order valence-electron chi connectivity index (χ4n) is 3.14. The summed E-state index contributed by atoms with van der Waals surface area (Å²) in [7, 11) is 0. The van der Waals surface area contributed by atoms with Gasteiger partial charge in [0.1, 0.15) is 0 Å². The summed E-state index contributed by atoms with van der Waals surface area (Å²) in [5.74, 6) is 0.351. The molecule has 0 aliphatic heterocycles. The second kappa shape index (κ2) is 6.68. The molecule has 2 aromatic heterocycles. The molecule has 7 nitrogen and oxygen atoms in total. The van der Waals surface area contributed by atoms with Crippen molar-refractivity contribution in [1.29, 1.82) is 0 Å². The molecule has 0 aliphatic carbocycles. The van der Waals surface area contributed by atoms with Gasteiger partial charge in [0.15, 0.2) is 11.5 Å². The Hall–Kier alpha value is -3.48. The number of fused-ring (bicyclic) bond motifs is 2. The van der Waals surface area contributed by atoms with E-state index in [1.807, 2.05) is 32.0 Å². The van der Waals surface area contributed by atoms with Crippen LogP contribution in [-0.2, 0) is 0 Å². The Labute approximate surface area is 155 Å². The van der Waals surface area contributed by atoms with E-state index in [-0.39, 0.29) is 17.2 Å². The van der Waals surface area contributed by atoms with Crippen LogP contribution in [-0.4, -0.2) is 43.8 Å². The Bertz CT molecular complexity index is 1200. The molecule has 4 rings (SSSR count). The predicted molar refractivity (Wildman–Crippen MR) is 105 cm³/mol. The number of para-hydroxylation sites is 2. The first-order chi connectivity index (χ1) is 13.1. The average molecular weight is 361 g/mol. The molecule has 0 saturated carbocycles. The summed E-state index contributed by atoms with van der Waals surface area (Å²) < 4.78 is 0. The smallest absolute Gasteiger partial charge is 0.278 e. The number of aromatic nitrogens is 4. The standard InChI is InChI=1S/C20H19N5O2/c1-3-25(4-2)20(27)12-9-10-15-16(11-12)23-18(22-15)17-19(26)24-14-8-6-5-7-13(14)21-17/h5-11H,3-4H2,1-2H3,(H,22,23)(H,24,26). The molecule has 0 fully saturated rings. The number of aromatic amines is 2. The van der Waals surface area contributed by atoms with E-state index < -0.39 is 0 Å². The zero-order valence-corrected chi connectivity index (χ0v) is 15.1. The van der Waals surface area contributed by atoms with Crippen LogP contribution in [0.25, 0.3) is 33.6 Å². The van der Waals surface area contributed by atoms with Crippen LogP contribution in [0.15, 0.2) is 47.3 Å². The topological polar surface area (TPSA) is 94.7 Å². The van der Waals surface area contributed by atoms with Crippen LogP contribution in [0.3, 0.4) is 0 Å². The minimum Gasteiger partial charge on any atom is -0.339 e. The van der Waals surface area contributed by atoms with Crippen molar-refractivity contribution in [2.75, 3.05) is 13.1 Å². The van der Waals surface area contributed by atoms with Crippen LogP contribution >= 0.6 is 0 Å². The molecule has 1 amide bonds. The summed E-state index contributed by atoms with van der Waals surface area (Å²) in [5, 5.41) is 0. The van der Waals surface area contributed by atoms with Gasteiger partial charge < -0.3 is 14.9 Å². The summed E-state index contributed by atoms with van der Waals surface area (Å²) in [6, 6.07) is 12.6. The number of carbonyl (C=O) groups is 1. The lowest BCUT2D eigenvalue weighted by Crippen LogP contribution is -2.30. The molecule has 27 heavy (non-hydrogen) atoms. The molecule has 0 radical (unpaired) electrons. The minimum absolute atomic E-state index is 0.0280. The van der Waals surface area contributed by atoms with E-state index in [9.17, 15) is 9.59 Å². The zero-order chi connectivity index (χ0) is 19.0. The Morgan fingerprint density at radius 3 is 2.48 bits per heavy atom. The first-order valence-electron chi connectivity index (χ1n) is 8.89. The van der Waals surface area contributed by atoms with E-state index in [4.69, 9.17) is 0 Å². The number of hydrogen-bond donors (Lipinski definition) is 2. The van der Waals surface area contributed by atoms with Gasteiger partial charge in [0, 0.05) is 18.7 Å². The number of hydrogen-bond acceptors (Lipinski definition) is 4. The quantitative estimate of drug-likeness (QED) is 0.584. The summed E-state index contributed by atoms with van der Waals surface area (Å²) in [4.78, 5) is 41.6. The summed E-state index contributed by atoms with van der Waals surface area (Å²) in [6.07, 6.45) is 0. The third-order valence-electron chi connectivity index (χ3n) is 4.60. The first kappa shape index (κ1) is 17.0. The Morgan fingerprint density at radius 2 is 1.70 bits per heavy atom. The molecule has 2 heterocycles. The number of benzene rings is 2. The van der Waals surface area contributed by atoms with E-state index >= 15 is 0 Å². The molecule has 7 heteroatoms. The van der Waals surface area contributed by atoms with Gasteiger partial charge in [-0.3, -0.25) is 9.59 Å². The number of amides is 1. The van der Waals surface area contributed by atoms with Crippen molar-refractivity contribution in [3.8, 4) is 11.5 Å². The molecule has 0 bridgehead atoms. The monoisotopic (exact) mass is 361 g/mol. The van der Waals surface area contributed by atoms with Gasteiger partial charge in [0.05, 0.1) is 22.1 Å². The lowest BCUT2D eigenvalue weighted by molar-refractivity contribution is 0.0773. The van der Waals surface area contributed by atoms with Crippen LogP contribution in [0.1, 0.15) is 24.2 Å². The molecule has 136 valence electrons. The van der Waals surface area contributed by atoms with Crippen molar-refractivity contribution in [2.45, 2.75) is 13.8 Å².